The van der Waals surface area contributed by atoms with Gasteiger partial charge in [-0.15, -0.1) is 0 Å². The number of nitrogens with one attached hydrogen (secondary N) is 1. The molecule has 0 aliphatic heterocycles. The van der Waals surface area contributed by atoms with Gasteiger partial charge in [-0.1, -0.05) is 27.7 Å². The van der Waals surface area contributed by atoms with Crippen LogP contribution in [0.25, 0.3) is 11.0 Å². The molecule has 1 N–H and O–H groups in total. The van der Waals surface area contributed by atoms with Gasteiger partial charge in [0.25, 0.3) is 0 Å². The summed E-state index contributed by atoms with van der Waals surface area (Å²) in [5.74, 6) is 1.56. The van der Waals surface area contributed by atoms with Crippen LogP contribution in [0.3, 0.4) is 0 Å². The number of hydrogen-bond acceptors (Lipinski definition) is 2. The van der Waals surface area contributed by atoms with Crippen LogP contribution in [0, 0.1) is 3.57 Å². The van der Waals surface area contributed by atoms with E-state index in [1.54, 1.807) is 0 Å². The van der Waals surface area contributed by atoms with Gasteiger partial charge in [-0.2, -0.15) is 0 Å². The van der Waals surface area contributed by atoms with Crippen LogP contribution in [0.5, 0.6) is 0 Å². The predicted octanol–water partition coefficient (Wildman–Crippen LogP) is 4.66. The second kappa shape index (κ2) is 5.61. The number of benzene rings is 1. The predicted molar refractivity (Wildman–Crippen MR) is 85.0 cm³/mol. The summed E-state index contributed by atoms with van der Waals surface area (Å²) in [5, 5.41) is 4.70. The topological polar surface area (TPSA) is 25.2 Å². The van der Waals surface area contributed by atoms with Crippen LogP contribution >= 0.6 is 22.6 Å². The highest BCUT2D eigenvalue weighted by Crippen LogP contribution is 2.32. The summed E-state index contributed by atoms with van der Waals surface area (Å²) in [6.07, 6.45) is 0. The Kier molecular flexibility index (Phi) is 4.33. The van der Waals surface area contributed by atoms with Crippen LogP contribution in [-0.4, -0.2) is 6.04 Å². The Balaban J connectivity index is 2.48. The highest BCUT2D eigenvalue weighted by molar-refractivity contribution is 14.1. The van der Waals surface area contributed by atoms with E-state index in [1.807, 2.05) is 0 Å². The van der Waals surface area contributed by atoms with Gasteiger partial charge >= 0.3 is 0 Å². The first-order valence-corrected chi connectivity index (χ1v) is 7.51. The van der Waals surface area contributed by atoms with E-state index in [9.17, 15) is 0 Å². The quantitative estimate of drug-likeness (QED) is 0.806. The van der Waals surface area contributed by atoms with Gasteiger partial charge in [-0.25, -0.2) is 0 Å². The maximum atomic E-state index is 6.00. The zero-order valence-electron chi connectivity index (χ0n) is 11.4. The van der Waals surface area contributed by atoms with Gasteiger partial charge in [0.05, 0.1) is 6.54 Å². The van der Waals surface area contributed by atoms with E-state index < -0.39 is 0 Å². The van der Waals surface area contributed by atoms with Gasteiger partial charge in [0, 0.05) is 20.6 Å². The molecule has 0 bridgehead atoms. The number of furan rings is 1. The van der Waals surface area contributed by atoms with Crippen molar-refractivity contribution >= 4 is 33.6 Å². The Morgan fingerprint density at radius 1 is 1.22 bits per heavy atom. The minimum Gasteiger partial charge on any atom is -0.459 e. The van der Waals surface area contributed by atoms with E-state index in [2.05, 4.69) is 73.8 Å². The molecular formula is C15H20INO. The van der Waals surface area contributed by atoms with Crippen molar-refractivity contribution in [3.63, 3.8) is 0 Å². The average Bonchev–Trinajstić information content (AvgIpc) is 2.63. The third-order valence-corrected chi connectivity index (χ3v) is 3.68. The Hall–Kier alpha value is -0.550. The van der Waals surface area contributed by atoms with Crippen molar-refractivity contribution < 1.29 is 4.42 Å². The Morgan fingerprint density at radius 3 is 2.56 bits per heavy atom. The van der Waals surface area contributed by atoms with Crippen LogP contribution in [0.4, 0.5) is 0 Å². The molecule has 18 heavy (non-hydrogen) atoms. The molecule has 2 rings (SSSR count). The molecule has 2 nitrogen and oxygen atoms in total. The van der Waals surface area contributed by atoms with Crippen molar-refractivity contribution in [2.75, 3.05) is 0 Å². The first-order chi connectivity index (χ1) is 8.49. The summed E-state index contributed by atoms with van der Waals surface area (Å²) in [6, 6.07) is 6.85. The van der Waals surface area contributed by atoms with Crippen LogP contribution < -0.4 is 5.32 Å². The van der Waals surface area contributed by atoms with Crippen molar-refractivity contribution in [1.82, 2.24) is 5.32 Å². The SMILES string of the molecule is CC(C)NCc1oc2ccc(I)cc2c1C(C)C. The fourth-order valence-electron chi connectivity index (χ4n) is 2.20. The van der Waals surface area contributed by atoms with Crippen molar-refractivity contribution in [3.05, 3.63) is 33.1 Å². The van der Waals surface area contributed by atoms with E-state index in [-0.39, 0.29) is 0 Å². The number of rotatable bonds is 4. The summed E-state index contributed by atoms with van der Waals surface area (Å²) in [6.45, 7) is 9.56. The lowest BCUT2D eigenvalue weighted by atomic mass is 9.99. The molecule has 0 aliphatic carbocycles. The second-order valence-electron chi connectivity index (χ2n) is 5.27. The van der Waals surface area contributed by atoms with Crippen molar-refractivity contribution in [2.45, 2.75) is 46.2 Å². The molecule has 3 heteroatoms. The summed E-state index contributed by atoms with van der Waals surface area (Å²) >= 11 is 2.35. The van der Waals surface area contributed by atoms with Crippen molar-refractivity contribution in [3.8, 4) is 0 Å². The zero-order chi connectivity index (χ0) is 13.3. The van der Waals surface area contributed by atoms with E-state index in [0.717, 1.165) is 17.9 Å². The van der Waals surface area contributed by atoms with Crippen LogP contribution in [0.1, 0.15) is 44.9 Å². The lowest BCUT2D eigenvalue weighted by Gasteiger charge is -2.09. The highest BCUT2D eigenvalue weighted by atomic mass is 127. The number of hydrogen-bond donors (Lipinski definition) is 1. The molecule has 2 aromatic rings. The number of fused-ring (bicyclic) bond motifs is 1. The van der Waals surface area contributed by atoms with Crippen molar-refractivity contribution in [1.29, 1.82) is 0 Å². The molecule has 0 fully saturated rings. The Labute approximate surface area is 122 Å². The fourth-order valence-corrected chi connectivity index (χ4v) is 2.69. The van der Waals surface area contributed by atoms with Gasteiger partial charge in [-0.05, 0) is 46.7 Å². The lowest BCUT2D eigenvalue weighted by Crippen LogP contribution is -2.22. The van der Waals surface area contributed by atoms with Gasteiger partial charge in [0.2, 0.25) is 0 Å². The maximum absolute atomic E-state index is 6.00. The first-order valence-electron chi connectivity index (χ1n) is 6.43. The smallest absolute Gasteiger partial charge is 0.134 e. The summed E-state index contributed by atoms with van der Waals surface area (Å²) in [5.41, 5.74) is 2.34. The van der Waals surface area contributed by atoms with Gasteiger partial charge in [-0.3, -0.25) is 0 Å². The number of halogens is 1. The normalized spacial score (nSPS) is 11.9. The summed E-state index contributed by atoms with van der Waals surface area (Å²) in [7, 11) is 0. The Morgan fingerprint density at radius 2 is 1.94 bits per heavy atom. The third kappa shape index (κ3) is 2.88. The molecule has 1 heterocycles. The Bertz CT molecular complexity index is 543. The minimum absolute atomic E-state index is 0.471. The highest BCUT2D eigenvalue weighted by Gasteiger charge is 2.17. The van der Waals surface area contributed by atoms with Gasteiger partial charge in [0.1, 0.15) is 11.3 Å². The largest absolute Gasteiger partial charge is 0.459 e. The van der Waals surface area contributed by atoms with Crippen LogP contribution in [-0.2, 0) is 6.54 Å². The molecule has 0 radical (unpaired) electrons. The van der Waals surface area contributed by atoms with Crippen LogP contribution in [0.2, 0.25) is 0 Å². The molecule has 98 valence electrons. The molecule has 0 spiro atoms. The third-order valence-electron chi connectivity index (χ3n) is 3.01. The standard InChI is InChI=1S/C15H20INO/c1-9(2)15-12-7-11(16)5-6-13(12)18-14(15)8-17-10(3)4/h5-7,9-10,17H,8H2,1-4H3. The molecule has 0 saturated carbocycles. The van der Waals surface area contributed by atoms with E-state index in [1.165, 1.54) is 14.5 Å². The molecule has 0 amide bonds. The molecular weight excluding hydrogens is 337 g/mol. The second-order valence-corrected chi connectivity index (χ2v) is 6.52. The molecule has 1 aromatic heterocycles. The van der Waals surface area contributed by atoms with E-state index in [0.29, 0.717) is 12.0 Å². The fraction of sp³-hybridized carbons (Fsp3) is 0.467. The van der Waals surface area contributed by atoms with Crippen LogP contribution in [0.15, 0.2) is 22.6 Å². The van der Waals surface area contributed by atoms with Gasteiger partial charge < -0.3 is 9.73 Å². The monoisotopic (exact) mass is 357 g/mol. The first kappa shape index (κ1) is 13.9. The maximum Gasteiger partial charge on any atom is 0.134 e. The molecule has 1 aromatic carbocycles. The van der Waals surface area contributed by atoms with E-state index >= 15 is 0 Å². The molecule has 0 saturated heterocycles. The minimum atomic E-state index is 0.471. The average molecular weight is 357 g/mol. The van der Waals surface area contributed by atoms with E-state index in [4.69, 9.17) is 4.42 Å². The summed E-state index contributed by atoms with van der Waals surface area (Å²) in [4.78, 5) is 0. The molecule has 0 aliphatic rings. The lowest BCUT2D eigenvalue weighted by molar-refractivity contribution is 0.480. The molecule has 0 atom stereocenters. The van der Waals surface area contributed by atoms with Gasteiger partial charge in [0.15, 0.2) is 0 Å². The summed E-state index contributed by atoms with van der Waals surface area (Å²) < 4.78 is 7.26. The van der Waals surface area contributed by atoms with Crippen molar-refractivity contribution in [2.24, 2.45) is 0 Å². The molecule has 0 unspecified atom stereocenters. The zero-order valence-corrected chi connectivity index (χ0v) is 13.5.